The van der Waals surface area contributed by atoms with E-state index in [1.54, 1.807) is 11.3 Å². The molecular weight excluding hydrogens is 282 g/mol. The van der Waals surface area contributed by atoms with Crippen molar-refractivity contribution in [3.8, 4) is 0 Å². The number of nitrogens with zero attached hydrogens (tertiary/aromatic N) is 2. The van der Waals surface area contributed by atoms with E-state index in [0.717, 1.165) is 22.5 Å². The molecule has 0 bridgehead atoms. The number of hydrogen-bond acceptors (Lipinski definition) is 5. The lowest BCUT2D eigenvalue weighted by Crippen LogP contribution is -2.20. The van der Waals surface area contributed by atoms with E-state index in [2.05, 4.69) is 28.3 Å². The minimum Gasteiger partial charge on any atom is -0.377 e. The predicted octanol–water partition coefficient (Wildman–Crippen LogP) is 3.74. The highest BCUT2D eigenvalue weighted by Gasteiger charge is 2.11. The summed E-state index contributed by atoms with van der Waals surface area (Å²) in [5, 5.41) is 4.61. The van der Waals surface area contributed by atoms with Gasteiger partial charge in [0.25, 0.3) is 0 Å². The van der Waals surface area contributed by atoms with Gasteiger partial charge in [0.2, 0.25) is 5.28 Å². The molecule has 1 atom stereocenters. The molecule has 0 aliphatic heterocycles. The van der Waals surface area contributed by atoms with Crippen molar-refractivity contribution in [1.29, 1.82) is 0 Å². The average molecular weight is 300 g/mol. The molecule has 0 aliphatic rings. The lowest BCUT2D eigenvalue weighted by atomic mass is 10.3. The Morgan fingerprint density at radius 3 is 2.89 bits per heavy atom. The first-order chi connectivity index (χ1) is 9.13. The van der Waals surface area contributed by atoms with Gasteiger partial charge in [0.05, 0.1) is 11.5 Å². The molecule has 2 rings (SSSR count). The van der Waals surface area contributed by atoms with Gasteiger partial charge in [-0.2, -0.15) is 0 Å². The summed E-state index contributed by atoms with van der Waals surface area (Å²) in [6, 6.07) is 2.13. The van der Waals surface area contributed by atoms with Crippen LogP contribution < -0.4 is 5.32 Å². The quantitative estimate of drug-likeness (QED) is 0.825. The summed E-state index contributed by atoms with van der Waals surface area (Å²) in [5.74, 6) is 0.789. The van der Waals surface area contributed by atoms with Gasteiger partial charge >= 0.3 is 0 Å². The minimum atomic E-state index is 0.137. The molecule has 0 saturated carbocycles. The summed E-state index contributed by atoms with van der Waals surface area (Å²) in [6.07, 6.45) is 1.13. The second-order valence-corrected chi connectivity index (χ2v) is 5.73. The summed E-state index contributed by atoms with van der Waals surface area (Å²) < 4.78 is 5.50. The lowest BCUT2D eigenvalue weighted by Gasteiger charge is -2.13. The first kappa shape index (κ1) is 14.5. The molecule has 1 N–H and O–H groups in total. The molecule has 2 aromatic rings. The minimum absolute atomic E-state index is 0.137. The van der Waals surface area contributed by atoms with Crippen molar-refractivity contribution in [3.05, 3.63) is 16.2 Å². The van der Waals surface area contributed by atoms with Gasteiger partial charge < -0.3 is 10.1 Å². The van der Waals surface area contributed by atoms with E-state index in [4.69, 9.17) is 16.3 Å². The molecule has 0 amide bonds. The van der Waals surface area contributed by atoms with Gasteiger partial charge in [-0.1, -0.05) is 6.92 Å². The van der Waals surface area contributed by atoms with E-state index in [9.17, 15) is 0 Å². The molecule has 6 heteroatoms. The maximum Gasteiger partial charge on any atom is 0.225 e. The van der Waals surface area contributed by atoms with Crippen molar-refractivity contribution < 1.29 is 4.74 Å². The topological polar surface area (TPSA) is 47.0 Å². The number of fused-ring (bicyclic) bond motifs is 1. The maximum atomic E-state index is 5.97. The van der Waals surface area contributed by atoms with Crippen LogP contribution in [0, 0.1) is 0 Å². The molecule has 0 fully saturated rings. The van der Waals surface area contributed by atoms with E-state index < -0.39 is 0 Å². The molecule has 19 heavy (non-hydrogen) atoms. The molecule has 0 aliphatic carbocycles. The number of hydrogen-bond donors (Lipinski definition) is 1. The SMILES string of the molecule is CCOC(C)CNc1nc(Cl)nc2sc(CC)cc12. The Labute approximate surface area is 122 Å². The second kappa shape index (κ2) is 6.50. The van der Waals surface area contributed by atoms with Gasteiger partial charge in [0.1, 0.15) is 10.6 Å². The van der Waals surface area contributed by atoms with Crippen LogP contribution >= 0.6 is 22.9 Å². The molecule has 4 nitrogen and oxygen atoms in total. The highest BCUT2D eigenvalue weighted by atomic mass is 35.5. The normalized spacial score (nSPS) is 12.8. The highest BCUT2D eigenvalue weighted by molar-refractivity contribution is 7.18. The standard InChI is InChI=1S/C13H18ClN3OS/c1-4-9-6-10-11(15-7-8(3)18-5-2)16-13(14)17-12(10)19-9/h6,8H,4-5,7H2,1-3H3,(H,15,16,17). The Morgan fingerprint density at radius 1 is 1.42 bits per heavy atom. The van der Waals surface area contributed by atoms with E-state index in [1.807, 2.05) is 13.8 Å². The molecule has 2 heterocycles. The molecule has 0 radical (unpaired) electrons. The number of thiophene rings is 1. The first-order valence-electron chi connectivity index (χ1n) is 6.45. The second-order valence-electron chi connectivity index (χ2n) is 4.27. The van der Waals surface area contributed by atoms with E-state index in [-0.39, 0.29) is 11.4 Å². The van der Waals surface area contributed by atoms with Gasteiger partial charge in [-0.15, -0.1) is 11.3 Å². The zero-order chi connectivity index (χ0) is 13.8. The van der Waals surface area contributed by atoms with Gasteiger partial charge in [0, 0.05) is 18.0 Å². The zero-order valence-electron chi connectivity index (χ0n) is 11.4. The highest BCUT2D eigenvalue weighted by Crippen LogP contribution is 2.30. The molecule has 2 aromatic heterocycles. The summed E-state index contributed by atoms with van der Waals surface area (Å²) >= 11 is 7.63. The van der Waals surface area contributed by atoms with E-state index >= 15 is 0 Å². The van der Waals surface area contributed by atoms with Crippen LogP contribution in [0.25, 0.3) is 10.2 Å². The van der Waals surface area contributed by atoms with E-state index in [0.29, 0.717) is 13.2 Å². The van der Waals surface area contributed by atoms with Crippen molar-refractivity contribution in [2.45, 2.75) is 33.3 Å². The average Bonchev–Trinajstić information content (AvgIpc) is 2.79. The van der Waals surface area contributed by atoms with Crippen LogP contribution in [0.5, 0.6) is 0 Å². The van der Waals surface area contributed by atoms with Gasteiger partial charge in [0.15, 0.2) is 0 Å². The molecule has 0 aromatic carbocycles. The number of halogens is 1. The van der Waals surface area contributed by atoms with Crippen molar-refractivity contribution in [3.63, 3.8) is 0 Å². The van der Waals surface area contributed by atoms with Crippen LogP contribution in [0.3, 0.4) is 0 Å². The van der Waals surface area contributed by atoms with Crippen molar-refractivity contribution in [1.82, 2.24) is 9.97 Å². The van der Waals surface area contributed by atoms with Crippen LogP contribution in [-0.4, -0.2) is 29.2 Å². The monoisotopic (exact) mass is 299 g/mol. The fourth-order valence-electron chi connectivity index (χ4n) is 1.84. The summed E-state index contributed by atoms with van der Waals surface area (Å²) in [5.41, 5.74) is 0. The maximum absolute atomic E-state index is 5.97. The van der Waals surface area contributed by atoms with Crippen molar-refractivity contribution in [2.24, 2.45) is 0 Å². The van der Waals surface area contributed by atoms with Crippen molar-refractivity contribution >= 4 is 39.0 Å². The number of ether oxygens (including phenoxy) is 1. The molecule has 0 spiro atoms. The number of rotatable bonds is 6. The molecule has 104 valence electrons. The molecule has 1 unspecified atom stereocenters. The first-order valence-corrected chi connectivity index (χ1v) is 7.64. The lowest BCUT2D eigenvalue weighted by molar-refractivity contribution is 0.0855. The fraction of sp³-hybridized carbons (Fsp3) is 0.538. The van der Waals surface area contributed by atoms with Crippen LogP contribution in [0.4, 0.5) is 5.82 Å². The smallest absolute Gasteiger partial charge is 0.225 e. The third-order valence-corrected chi connectivity index (χ3v) is 4.12. The van der Waals surface area contributed by atoms with Gasteiger partial charge in [-0.25, -0.2) is 9.97 Å². The van der Waals surface area contributed by atoms with Crippen LogP contribution in [0.1, 0.15) is 25.6 Å². The Hall–Kier alpha value is -0.910. The van der Waals surface area contributed by atoms with Gasteiger partial charge in [-0.3, -0.25) is 0 Å². The predicted molar refractivity (Wildman–Crippen MR) is 81.4 cm³/mol. The number of aryl methyl sites for hydroxylation is 1. The number of nitrogens with one attached hydrogen (secondary N) is 1. The van der Waals surface area contributed by atoms with Crippen LogP contribution in [0.2, 0.25) is 5.28 Å². The number of anilines is 1. The molecular formula is C13H18ClN3OS. The summed E-state index contributed by atoms with van der Waals surface area (Å²) in [4.78, 5) is 10.8. The summed E-state index contributed by atoms with van der Waals surface area (Å²) in [7, 11) is 0. The third kappa shape index (κ3) is 3.55. The van der Waals surface area contributed by atoms with E-state index in [1.165, 1.54) is 4.88 Å². The van der Waals surface area contributed by atoms with Crippen LogP contribution in [0.15, 0.2) is 6.07 Å². The Balaban J connectivity index is 2.23. The Kier molecular flexibility index (Phi) is 4.96. The van der Waals surface area contributed by atoms with Crippen molar-refractivity contribution in [2.75, 3.05) is 18.5 Å². The molecule has 0 saturated heterocycles. The zero-order valence-corrected chi connectivity index (χ0v) is 12.9. The fourth-order valence-corrected chi connectivity index (χ4v) is 3.02. The van der Waals surface area contributed by atoms with Gasteiger partial charge in [-0.05, 0) is 37.9 Å². The van der Waals surface area contributed by atoms with Crippen LogP contribution in [-0.2, 0) is 11.2 Å². The number of aromatic nitrogens is 2. The Bertz CT molecular complexity index is 558. The third-order valence-electron chi connectivity index (χ3n) is 2.77. The largest absolute Gasteiger partial charge is 0.377 e. The Morgan fingerprint density at radius 2 is 2.21 bits per heavy atom. The summed E-state index contributed by atoms with van der Waals surface area (Å²) in [6.45, 7) is 7.56.